The first-order valence-electron chi connectivity index (χ1n) is 6.46. The highest BCUT2D eigenvalue weighted by atomic mass is 19.1. The number of carboxylic acids is 1. The number of carboxylic acid groups (broad SMARTS) is 1. The zero-order valence-corrected chi connectivity index (χ0v) is 10.8. The third-order valence-corrected chi connectivity index (χ3v) is 3.41. The van der Waals surface area contributed by atoms with E-state index in [1.807, 2.05) is 0 Å². The van der Waals surface area contributed by atoms with E-state index in [1.54, 1.807) is 0 Å². The van der Waals surface area contributed by atoms with Gasteiger partial charge >= 0.3 is 5.97 Å². The van der Waals surface area contributed by atoms with Gasteiger partial charge in [-0.3, -0.25) is 9.59 Å². The van der Waals surface area contributed by atoms with Crippen molar-refractivity contribution in [3.05, 3.63) is 35.4 Å². The minimum absolute atomic E-state index is 0.0835. The van der Waals surface area contributed by atoms with Crippen LogP contribution in [0.2, 0.25) is 0 Å². The Bertz CT molecular complexity index is 513. The van der Waals surface area contributed by atoms with E-state index in [2.05, 4.69) is 0 Å². The molecule has 108 valence electrons. The number of amides is 1. The summed E-state index contributed by atoms with van der Waals surface area (Å²) in [6.07, 6.45) is 2.05. The molecule has 1 saturated heterocycles. The Labute approximate surface area is 115 Å². The van der Waals surface area contributed by atoms with Gasteiger partial charge in [0.2, 0.25) is 0 Å². The SMILES string of the molecule is O=C(O)CC1CCCCN1C(=O)c1cc(F)cc(F)c1. The molecule has 1 aromatic carbocycles. The lowest BCUT2D eigenvalue weighted by molar-refractivity contribution is -0.138. The van der Waals surface area contributed by atoms with Crippen LogP contribution in [0.4, 0.5) is 8.78 Å². The Balaban J connectivity index is 2.22. The van der Waals surface area contributed by atoms with Crippen molar-refractivity contribution >= 4 is 11.9 Å². The van der Waals surface area contributed by atoms with Crippen molar-refractivity contribution in [3.8, 4) is 0 Å². The number of nitrogens with zero attached hydrogens (tertiary/aromatic N) is 1. The third-order valence-electron chi connectivity index (χ3n) is 3.41. The number of carbonyl (C=O) groups is 2. The summed E-state index contributed by atoms with van der Waals surface area (Å²) in [5.41, 5.74) is -0.0835. The number of hydrogen-bond acceptors (Lipinski definition) is 2. The van der Waals surface area contributed by atoms with Crippen molar-refractivity contribution in [1.29, 1.82) is 0 Å². The maximum Gasteiger partial charge on any atom is 0.305 e. The van der Waals surface area contributed by atoms with E-state index in [9.17, 15) is 18.4 Å². The smallest absolute Gasteiger partial charge is 0.305 e. The molecule has 1 unspecified atom stereocenters. The summed E-state index contributed by atoms with van der Waals surface area (Å²) in [6, 6.07) is 2.22. The second-order valence-corrected chi connectivity index (χ2v) is 4.90. The summed E-state index contributed by atoms with van der Waals surface area (Å²) in [5.74, 6) is -3.14. The van der Waals surface area contributed by atoms with Gasteiger partial charge in [0, 0.05) is 24.2 Å². The molecule has 1 N–H and O–H groups in total. The molecule has 0 radical (unpaired) electrons. The predicted molar refractivity (Wildman–Crippen MR) is 67.3 cm³/mol. The summed E-state index contributed by atoms with van der Waals surface area (Å²) >= 11 is 0. The maximum atomic E-state index is 13.2. The summed E-state index contributed by atoms with van der Waals surface area (Å²) in [5, 5.41) is 8.87. The van der Waals surface area contributed by atoms with Crippen molar-refractivity contribution in [2.24, 2.45) is 0 Å². The summed E-state index contributed by atoms with van der Waals surface area (Å²) < 4.78 is 26.3. The fourth-order valence-electron chi connectivity index (χ4n) is 2.52. The van der Waals surface area contributed by atoms with E-state index in [-0.39, 0.29) is 12.0 Å². The Morgan fingerprint density at radius 2 is 1.85 bits per heavy atom. The van der Waals surface area contributed by atoms with Gasteiger partial charge in [-0.05, 0) is 31.4 Å². The van der Waals surface area contributed by atoms with Crippen molar-refractivity contribution < 1.29 is 23.5 Å². The highest BCUT2D eigenvalue weighted by Gasteiger charge is 2.29. The molecule has 1 atom stereocenters. The first kappa shape index (κ1) is 14.4. The van der Waals surface area contributed by atoms with Crippen molar-refractivity contribution in [1.82, 2.24) is 4.90 Å². The zero-order chi connectivity index (χ0) is 14.7. The first-order chi connectivity index (χ1) is 9.47. The van der Waals surface area contributed by atoms with Crippen molar-refractivity contribution in [3.63, 3.8) is 0 Å². The van der Waals surface area contributed by atoms with Gasteiger partial charge in [-0.1, -0.05) is 0 Å². The largest absolute Gasteiger partial charge is 0.481 e. The molecule has 0 bridgehead atoms. The van der Waals surface area contributed by atoms with Crippen LogP contribution in [0.1, 0.15) is 36.0 Å². The van der Waals surface area contributed by atoms with E-state index in [1.165, 1.54) is 4.90 Å². The van der Waals surface area contributed by atoms with Crippen LogP contribution >= 0.6 is 0 Å². The predicted octanol–water partition coefficient (Wildman–Crippen LogP) is 2.43. The van der Waals surface area contributed by atoms with Gasteiger partial charge in [0.25, 0.3) is 5.91 Å². The number of likely N-dealkylation sites (tertiary alicyclic amines) is 1. The number of piperidine rings is 1. The first-order valence-corrected chi connectivity index (χ1v) is 6.46. The van der Waals surface area contributed by atoms with E-state index >= 15 is 0 Å². The van der Waals surface area contributed by atoms with Gasteiger partial charge in [-0.25, -0.2) is 8.78 Å². The lowest BCUT2D eigenvalue weighted by atomic mass is 9.98. The minimum atomic E-state index is -0.986. The molecule has 20 heavy (non-hydrogen) atoms. The molecule has 6 heteroatoms. The average Bonchev–Trinajstić information content (AvgIpc) is 2.36. The lowest BCUT2D eigenvalue weighted by Gasteiger charge is -2.35. The maximum absolute atomic E-state index is 13.2. The molecule has 1 fully saturated rings. The molecule has 1 amide bonds. The monoisotopic (exact) mass is 283 g/mol. The fourth-order valence-corrected chi connectivity index (χ4v) is 2.52. The van der Waals surface area contributed by atoms with Crippen molar-refractivity contribution in [2.75, 3.05) is 6.54 Å². The number of halogens is 2. The van der Waals surface area contributed by atoms with E-state index in [0.29, 0.717) is 19.0 Å². The Morgan fingerprint density at radius 3 is 2.45 bits per heavy atom. The van der Waals surface area contributed by atoms with Gasteiger partial charge in [0.1, 0.15) is 11.6 Å². The summed E-state index contributed by atoms with van der Waals surface area (Å²) in [6.45, 7) is 0.412. The average molecular weight is 283 g/mol. The molecule has 1 aliphatic rings. The van der Waals surface area contributed by atoms with E-state index in [4.69, 9.17) is 5.11 Å². The van der Waals surface area contributed by atoms with Crippen LogP contribution in [0.3, 0.4) is 0 Å². The quantitative estimate of drug-likeness (QED) is 0.927. The number of hydrogen-bond donors (Lipinski definition) is 1. The normalized spacial score (nSPS) is 18.9. The van der Waals surface area contributed by atoms with Gasteiger partial charge in [0.05, 0.1) is 6.42 Å². The lowest BCUT2D eigenvalue weighted by Crippen LogP contribution is -2.44. The molecule has 1 heterocycles. The summed E-state index contributed by atoms with van der Waals surface area (Å²) in [7, 11) is 0. The summed E-state index contributed by atoms with van der Waals surface area (Å²) in [4.78, 5) is 24.5. The molecule has 1 aromatic rings. The Kier molecular flexibility index (Phi) is 4.32. The molecule has 2 rings (SSSR count). The zero-order valence-electron chi connectivity index (χ0n) is 10.8. The highest BCUT2D eigenvalue weighted by Crippen LogP contribution is 2.22. The van der Waals surface area contributed by atoms with Gasteiger partial charge in [-0.2, -0.15) is 0 Å². The number of rotatable bonds is 3. The van der Waals surface area contributed by atoms with Crippen LogP contribution in [-0.2, 0) is 4.79 Å². The standard InChI is InChI=1S/C14H15F2NO3/c15-10-5-9(6-11(16)7-10)14(20)17-4-2-1-3-12(17)8-13(18)19/h5-7,12H,1-4,8H2,(H,18,19). The third kappa shape index (κ3) is 3.31. The van der Waals surface area contributed by atoms with Crippen LogP contribution in [0.15, 0.2) is 18.2 Å². The second kappa shape index (κ2) is 5.98. The number of carbonyl (C=O) groups excluding carboxylic acids is 1. The Morgan fingerprint density at radius 1 is 1.20 bits per heavy atom. The van der Waals surface area contributed by atoms with Crippen LogP contribution in [0.25, 0.3) is 0 Å². The molecule has 4 nitrogen and oxygen atoms in total. The molecule has 0 aliphatic carbocycles. The van der Waals surface area contributed by atoms with Crippen LogP contribution in [0.5, 0.6) is 0 Å². The second-order valence-electron chi connectivity index (χ2n) is 4.90. The molecule has 1 aliphatic heterocycles. The van der Waals surface area contributed by atoms with Crippen LogP contribution < -0.4 is 0 Å². The fraction of sp³-hybridized carbons (Fsp3) is 0.429. The number of benzene rings is 1. The molecule has 0 aromatic heterocycles. The minimum Gasteiger partial charge on any atom is -0.481 e. The van der Waals surface area contributed by atoms with Gasteiger partial charge < -0.3 is 10.0 Å². The van der Waals surface area contributed by atoms with Crippen molar-refractivity contribution in [2.45, 2.75) is 31.7 Å². The molecular formula is C14H15F2NO3. The van der Waals surface area contributed by atoms with Crippen LogP contribution in [-0.4, -0.2) is 34.5 Å². The van der Waals surface area contributed by atoms with Crippen LogP contribution in [0, 0.1) is 11.6 Å². The highest BCUT2D eigenvalue weighted by molar-refractivity contribution is 5.94. The number of aliphatic carboxylic acids is 1. The molecule has 0 saturated carbocycles. The topological polar surface area (TPSA) is 57.6 Å². The van der Waals surface area contributed by atoms with E-state index < -0.39 is 29.6 Å². The van der Waals surface area contributed by atoms with Gasteiger partial charge in [0.15, 0.2) is 0 Å². The van der Waals surface area contributed by atoms with Gasteiger partial charge in [-0.15, -0.1) is 0 Å². The van der Waals surface area contributed by atoms with E-state index in [0.717, 1.165) is 25.0 Å². The Hall–Kier alpha value is -1.98. The molecular weight excluding hydrogens is 268 g/mol. The molecule has 0 spiro atoms.